The van der Waals surface area contributed by atoms with Crippen LogP contribution >= 0.6 is 0 Å². The molecular weight excluding hydrogens is 359 g/mol. The van der Waals surface area contributed by atoms with E-state index in [0.717, 1.165) is 57.0 Å². The van der Waals surface area contributed by atoms with Crippen LogP contribution in [0.4, 0.5) is 4.39 Å². The Hall–Kier alpha value is -2.32. The molecule has 2 aliphatic rings. The van der Waals surface area contributed by atoms with Crippen LogP contribution in [0.2, 0.25) is 0 Å². The SMILES string of the molecule is O=C(C(c1ccc(F)cc1)N1CCCCC1)N1CCN(Cc2ncn[nH]2)CC1. The van der Waals surface area contributed by atoms with E-state index in [4.69, 9.17) is 0 Å². The van der Waals surface area contributed by atoms with Crippen molar-refractivity contribution in [3.63, 3.8) is 0 Å². The van der Waals surface area contributed by atoms with Crippen molar-refractivity contribution in [2.24, 2.45) is 0 Å². The minimum atomic E-state index is -0.318. The molecule has 1 aromatic heterocycles. The molecule has 1 aromatic carbocycles. The molecule has 1 N–H and O–H groups in total. The van der Waals surface area contributed by atoms with Gasteiger partial charge in [-0.15, -0.1) is 0 Å². The van der Waals surface area contributed by atoms with Gasteiger partial charge in [0.1, 0.15) is 24.0 Å². The Bertz CT molecular complexity index is 752. The fraction of sp³-hybridized carbons (Fsp3) is 0.550. The molecule has 8 heteroatoms. The van der Waals surface area contributed by atoms with Crippen LogP contribution < -0.4 is 0 Å². The predicted molar refractivity (Wildman–Crippen MR) is 103 cm³/mol. The number of hydrogen-bond donors (Lipinski definition) is 1. The highest BCUT2D eigenvalue weighted by molar-refractivity contribution is 5.83. The van der Waals surface area contributed by atoms with Crippen LogP contribution in [0.5, 0.6) is 0 Å². The molecule has 1 amide bonds. The Labute approximate surface area is 164 Å². The summed E-state index contributed by atoms with van der Waals surface area (Å²) in [5.41, 5.74) is 0.886. The van der Waals surface area contributed by atoms with Gasteiger partial charge >= 0.3 is 0 Å². The maximum atomic E-state index is 13.5. The number of piperidine rings is 1. The van der Waals surface area contributed by atoms with Crippen LogP contribution in [0.3, 0.4) is 0 Å². The van der Waals surface area contributed by atoms with E-state index in [-0.39, 0.29) is 17.8 Å². The number of rotatable bonds is 5. The Morgan fingerprint density at radius 1 is 1.04 bits per heavy atom. The van der Waals surface area contributed by atoms with Gasteiger partial charge < -0.3 is 4.90 Å². The van der Waals surface area contributed by atoms with Crippen molar-refractivity contribution in [1.29, 1.82) is 0 Å². The van der Waals surface area contributed by atoms with Crippen molar-refractivity contribution in [2.45, 2.75) is 31.8 Å². The molecule has 7 nitrogen and oxygen atoms in total. The van der Waals surface area contributed by atoms with Gasteiger partial charge in [0.15, 0.2) is 0 Å². The number of nitrogens with zero attached hydrogens (tertiary/aromatic N) is 5. The first kappa shape index (κ1) is 19.0. The molecule has 0 spiro atoms. The Balaban J connectivity index is 1.44. The summed E-state index contributed by atoms with van der Waals surface area (Å²) in [6, 6.07) is 6.10. The highest BCUT2D eigenvalue weighted by Crippen LogP contribution is 2.27. The Kier molecular flexibility index (Phi) is 5.97. The number of halogens is 1. The monoisotopic (exact) mass is 386 g/mol. The van der Waals surface area contributed by atoms with Crippen molar-refractivity contribution < 1.29 is 9.18 Å². The quantitative estimate of drug-likeness (QED) is 0.849. The maximum Gasteiger partial charge on any atom is 0.244 e. The molecule has 150 valence electrons. The summed E-state index contributed by atoms with van der Waals surface area (Å²) in [5.74, 6) is 0.708. The molecule has 0 aliphatic carbocycles. The minimum Gasteiger partial charge on any atom is -0.338 e. The van der Waals surface area contributed by atoms with Crippen LogP contribution in [0.1, 0.15) is 36.7 Å². The highest BCUT2D eigenvalue weighted by Gasteiger charge is 2.33. The summed E-state index contributed by atoms with van der Waals surface area (Å²) in [6.07, 6.45) is 4.94. The number of aromatic amines is 1. The molecular formula is C20H27FN6O. The number of hydrogen-bond acceptors (Lipinski definition) is 5. The van der Waals surface area contributed by atoms with E-state index >= 15 is 0 Å². The zero-order chi connectivity index (χ0) is 19.3. The molecule has 1 atom stereocenters. The summed E-state index contributed by atoms with van der Waals surface area (Å²) in [7, 11) is 0. The van der Waals surface area contributed by atoms with Crippen LogP contribution in [0.25, 0.3) is 0 Å². The number of likely N-dealkylation sites (tertiary alicyclic amines) is 1. The molecule has 2 aliphatic heterocycles. The average molecular weight is 386 g/mol. The number of nitrogens with one attached hydrogen (secondary N) is 1. The number of aromatic nitrogens is 3. The zero-order valence-electron chi connectivity index (χ0n) is 16.1. The van der Waals surface area contributed by atoms with Gasteiger partial charge in [-0.25, -0.2) is 9.37 Å². The first-order valence-electron chi connectivity index (χ1n) is 10.1. The second kappa shape index (κ2) is 8.79. The fourth-order valence-electron chi connectivity index (χ4n) is 4.15. The molecule has 1 unspecified atom stereocenters. The molecule has 2 aromatic rings. The van der Waals surface area contributed by atoms with Crippen LogP contribution in [-0.2, 0) is 11.3 Å². The fourth-order valence-corrected chi connectivity index (χ4v) is 4.15. The second-order valence-corrected chi connectivity index (χ2v) is 7.58. The van der Waals surface area contributed by atoms with E-state index in [1.807, 2.05) is 4.90 Å². The number of amides is 1. The van der Waals surface area contributed by atoms with Crippen molar-refractivity contribution in [3.05, 3.63) is 47.8 Å². The predicted octanol–water partition coefficient (Wildman–Crippen LogP) is 1.82. The first-order valence-corrected chi connectivity index (χ1v) is 10.1. The number of carbonyl (C=O) groups is 1. The van der Waals surface area contributed by atoms with E-state index in [2.05, 4.69) is 25.0 Å². The van der Waals surface area contributed by atoms with Gasteiger partial charge in [0.25, 0.3) is 0 Å². The van der Waals surface area contributed by atoms with Gasteiger partial charge in [0.2, 0.25) is 5.91 Å². The summed E-state index contributed by atoms with van der Waals surface area (Å²) in [6.45, 7) is 5.55. The first-order chi connectivity index (χ1) is 13.7. The standard InChI is InChI=1S/C20H27FN6O/c21-17-6-4-16(5-7-17)19(26-8-2-1-3-9-26)20(28)27-12-10-25(11-13-27)14-18-22-15-23-24-18/h4-7,15,19H,1-3,8-14H2,(H,22,23,24). The van der Waals surface area contributed by atoms with Crippen molar-refractivity contribution >= 4 is 5.91 Å². The zero-order valence-corrected chi connectivity index (χ0v) is 16.1. The van der Waals surface area contributed by atoms with Gasteiger partial charge in [-0.05, 0) is 43.6 Å². The van der Waals surface area contributed by atoms with E-state index < -0.39 is 0 Å². The average Bonchev–Trinajstić information content (AvgIpc) is 3.24. The summed E-state index contributed by atoms with van der Waals surface area (Å²) in [5, 5.41) is 6.77. The van der Waals surface area contributed by atoms with Crippen LogP contribution in [-0.4, -0.2) is 75.1 Å². The smallest absolute Gasteiger partial charge is 0.244 e. The van der Waals surface area contributed by atoms with Crippen LogP contribution in [0, 0.1) is 5.82 Å². The molecule has 0 bridgehead atoms. The summed E-state index contributed by atoms with van der Waals surface area (Å²) >= 11 is 0. The highest BCUT2D eigenvalue weighted by atomic mass is 19.1. The van der Waals surface area contributed by atoms with Gasteiger partial charge in [-0.2, -0.15) is 5.10 Å². The van der Waals surface area contributed by atoms with Crippen LogP contribution in [0.15, 0.2) is 30.6 Å². The van der Waals surface area contributed by atoms with Crippen molar-refractivity contribution in [3.8, 4) is 0 Å². The lowest BCUT2D eigenvalue weighted by molar-refractivity contribution is -0.139. The topological polar surface area (TPSA) is 68.4 Å². The lowest BCUT2D eigenvalue weighted by atomic mass is 10.00. The lowest BCUT2D eigenvalue weighted by Crippen LogP contribution is -2.52. The number of piperazine rings is 1. The normalized spacial score (nSPS) is 20.2. The molecule has 4 rings (SSSR count). The minimum absolute atomic E-state index is 0.132. The van der Waals surface area contributed by atoms with E-state index in [0.29, 0.717) is 13.1 Å². The number of benzene rings is 1. The largest absolute Gasteiger partial charge is 0.338 e. The molecule has 3 heterocycles. The van der Waals surface area contributed by atoms with Gasteiger partial charge in [-0.3, -0.25) is 19.7 Å². The van der Waals surface area contributed by atoms with E-state index in [1.54, 1.807) is 12.1 Å². The molecule has 2 saturated heterocycles. The molecule has 0 radical (unpaired) electrons. The molecule has 0 saturated carbocycles. The third-order valence-corrected chi connectivity index (χ3v) is 5.70. The van der Waals surface area contributed by atoms with E-state index in [1.165, 1.54) is 24.9 Å². The summed E-state index contributed by atoms with van der Waals surface area (Å²) < 4.78 is 13.4. The third kappa shape index (κ3) is 4.39. The lowest BCUT2D eigenvalue weighted by Gasteiger charge is -2.40. The Morgan fingerprint density at radius 3 is 2.39 bits per heavy atom. The number of carbonyl (C=O) groups excluding carboxylic acids is 1. The maximum absolute atomic E-state index is 13.5. The third-order valence-electron chi connectivity index (χ3n) is 5.70. The number of H-pyrrole nitrogens is 1. The van der Waals surface area contributed by atoms with Crippen molar-refractivity contribution in [1.82, 2.24) is 29.9 Å². The van der Waals surface area contributed by atoms with Gasteiger partial charge in [0, 0.05) is 26.2 Å². The van der Waals surface area contributed by atoms with Gasteiger partial charge in [0.05, 0.1) is 6.54 Å². The van der Waals surface area contributed by atoms with E-state index in [9.17, 15) is 9.18 Å². The molecule has 2 fully saturated rings. The Morgan fingerprint density at radius 2 is 1.75 bits per heavy atom. The van der Waals surface area contributed by atoms with Gasteiger partial charge in [-0.1, -0.05) is 18.6 Å². The second-order valence-electron chi connectivity index (χ2n) is 7.58. The summed E-state index contributed by atoms with van der Waals surface area (Å²) in [4.78, 5) is 24.1. The molecule has 28 heavy (non-hydrogen) atoms. The van der Waals surface area contributed by atoms with Crippen molar-refractivity contribution in [2.75, 3.05) is 39.3 Å².